The van der Waals surface area contributed by atoms with E-state index in [9.17, 15) is 9.59 Å². The van der Waals surface area contributed by atoms with Crippen LogP contribution in [0.2, 0.25) is 0 Å². The van der Waals surface area contributed by atoms with Crippen LogP contribution in [0.25, 0.3) is 15.9 Å². The summed E-state index contributed by atoms with van der Waals surface area (Å²) >= 11 is 2.89. The lowest BCUT2D eigenvalue weighted by Gasteiger charge is -2.11. The highest BCUT2D eigenvalue weighted by Crippen LogP contribution is 2.30. The van der Waals surface area contributed by atoms with Crippen LogP contribution < -0.4 is 10.9 Å². The van der Waals surface area contributed by atoms with E-state index in [1.165, 1.54) is 29.4 Å². The number of nitrogens with zero attached hydrogens (tertiary/aromatic N) is 4. The average molecular weight is 426 g/mol. The van der Waals surface area contributed by atoms with Crippen molar-refractivity contribution in [3.8, 4) is 5.69 Å². The zero-order valence-corrected chi connectivity index (χ0v) is 17.8. The number of carbonyl (C=O) groups excluding carboxylic acids is 1. The molecule has 3 heterocycles. The summed E-state index contributed by atoms with van der Waals surface area (Å²) in [5.41, 5.74) is 1.46. The van der Waals surface area contributed by atoms with Crippen LogP contribution in [-0.4, -0.2) is 30.5 Å². The van der Waals surface area contributed by atoms with Crippen molar-refractivity contribution < 1.29 is 4.79 Å². The van der Waals surface area contributed by atoms with Crippen molar-refractivity contribution in [1.82, 2.24) is 19.3 Å². The third-order valence-electron chi connectivity index (χ3n) is 4.69. The Bertz CT molecular complexity index is 1240. The van der Waals surface area contributed by atoms with Crippen molar-refractivity contribution in [2.75, 3.05) is 5.32 Å². The van der Waals surface area contributed by atoms with Gasteiger partial charge in [0.05, 0.1) is 16.6 Å². The van der Waals surface area contributed by atoms with Crippen molar-refractivity contribution in [3.63, 3.8) is 0 Å². The SMILES string of the molecule is Cc1c(NC(=O)C(C)Sc2ncnc3sccc23)c(=O)n(-c2ccccc2)n1C. The molecule has 4 rings (SSSR count). The van der Waals surface area contributed by atoms with E-state index in [1.54, 1.807) is 23.3 Å². The molecule has 0 aliphatic rings. The number of rotatable bonds is 5. The van der Waals surface area contributed by atoms with Gasteiger partial charge in [0.2, 0.25) is 5.91 Å². The van der Waals surface area contributed by atoms with Gasteiger partial charge in [-0.3, -0.25) is 14.3 Å². The van der Waals surface area contributed by atoms with Crippen LogP contribution in [0.3, 0.4) is 0 Å². The maximum Gasteiger partial charge on any atom is 0.295 e. The first-order valence-electron chi connectivity index (χ1n) is 8.97. The van der Waals surface area contributed by atoms with Crippen molar-refractivity contribution in [1.29, 1.82) is 0 Å². The summed E-state index contributed by atoms with van der Waals surface area (Å²) in [4.78, 5) is 35.2. The molecular formula is C20H19N5O2S2. The fourth-order valence-corrected chi connectivity index (χ4v) is 4.72. The van der Waals surface area contributed by atoms with Crippen molar-refractivity contribution >= 4 is 44.9 Å². The van der Waals surface area contributed by atoms with E-state index < -0.39 is 5.25 Å². The van der Waals surface area contributed by atoms with E-state index in [0.717, 1.165) is 20.9 Å². The van der Waals surface area contributed by atoms with Crippen molar-refractivity contribution in [3.05, 3.63) is 64.2 Å². The Labute approximate surface area is 175 Å². The number of amides is 1. The van der Waals surface area contributed by atoms with Crippen LogP contribution in [0.5, 0.6) is 0 Å². The Morgan fingerprint density at radius 2 is 1.97 bits per heavy atom. The molecule has 0 aliphatic heterocycles. The summed E-state index contributed by atoms with van der Waals surface area (Å²) in [5.74, 6) is -0.247. The van der Waals surface area contributed by atoms with E-state index in [1.807, 2.05) is 48.7 Å². The fraction of sp³-hybridized carbons (Fsp3) is 0.200. The van der Waals surface area contributed by atoms with E-state index in [2.05, 4.69) is 15.3 Å². The van der Waals surface area contributed by atoms with Gasteiger partial charge in [-0.05, 0) is 37.4 Å². The number of benzene rings is 1. The lowest BCUT2D eigenvalue weighted by molar-refractivity contribution is -0.115. The minimum absolute atomic E-state index is 0.247. The van der Waals surface area contributed by atoms with Gasteiger partial charge in [-0.15, -0.1) is 11.3 Å². The summed E-state index contributed by atoms with van der Waals surface area (Å²) in [6.45, 7) is 3.61. The van der Waals surface area contributed by atoms with Crippen LogP contribution >= 0.6 is 23.1 Å². The first-order valence-corrected chi connectivity index (χ1v) is 10.7. The third kappa shape index (κ3) is 3.58. The van der Waals surface area contributed by atoms with Crippen LogP contribution in [0.4, 0.5) is 5.69 Å². The molecule has 0 radical (unpaired) electrons. The normalized spacial score (nSPS) is 12.2. The molecule has 1 atom stereocenters. The summed E-state index contributed by atoms with van der Waals surface area (Å²) in [6, 6.07) is 11.3. The standard InChI is InChI=1S/C20H19N5O2S2/c1-12-16(20(27)25(24(12)3)14-7-5-4-6-8-14)23-17(26)13(2)29-19-15-9-10-28-18(15)21-11-22-19/h4-11,13H,1-3H3,(H,23,26). The summed E-state index contributed by atoms with van der Waals surface area (Å²) in [6.07, 6.45) is 1.51. The topological polar surface area (TPSA) is 81.8 Å². The molecule has 29 heavy (non-hydrogen) atoms. The molecule has 1 aromatic carbocycles. The van der Waals surface area contributed by atoms with E-state index >= 15 is 0 Å². The number of hydrogen-bond acceptors (Lipinski definition) is 6. The Hall–Kier alpha value is -2.91. The van der Waals surface area contributed by atoms with Crippen LogP contribution in [0, 0.1) is 6.92 Å². The Morgan fingerprint density at radius 1 is 1.21 bits per heavy atom. The van der Waals surface area contributed by atoms with Crippen LogP contribution in [0.1, 0.15) is 12.6 Å². The smallest absolute Gasteiger partial charge is 0.295 e. The van der Waals surface area contributed by atoms with Gasteiger partial charge in [-0.1, -0.05) is 30.0 Å². The van der Waals surface area contributed by atoms with Crippen LogP contribution in [-0.2, 0) is 11.8 Å². The number of aromatic nitrogens is 4. The number of fused-ring (bicyclic) bond motifs is 1. The monoisotopic (exact) mass is 425 g/mol. The highest BCUT2D eigenvalue weighted by Gasteiger charge is 2.22. The summed E-state index contributed by atoms with van der Waals surface area (Å²) in [5, 5.41) is 6.03. The number of nitrogens with one attached hydrogen (secondary N) is 1. The highest BCUT2D eigenvalue weighted by atomic mass is 32.2. The van der Waals surface area contributed by atoms with Gasteiger partial charge in [-0.2, -0.15) is 0 Å². The van der Waals surface area contributed by atoms with Gasteiger partial charge in [0.25, 0.3) is 5.56 Å². The average Bonchev–Trinajstić information content (AvgIpc) is 3.28. The molecule has 0 bridgehead atoms. The van der Waals surface area contributed by atoms with E-state index in [0.29, 0.717) is 5.69 Å². The molecule has 0 fully saturated rings. The van der Waals surface area contributed by atoms with Gasteiger partial charge in [0, 0.05) is 12.4 Å². The minimum atomic E-state index is -0.433. The molecule has 0 saturated heterocycles. The summed E-state index contributed by atoms with van der Waals surface area (Å²) < 4.78 is 3.28. The molecule has 1 unspecified atom stereocenters. The largest absolute Gasteiger partial charge is 0.319 e. The predicted molar refractivity (Wildman–Crippen MR) is 117 cm³/mol. The molecule has 1 amide bonds. The molecule has 9 heteroatoms. The molecule has 1 N–H and O–H groups in total. The first-order chi connectivity index (χ1) is 14.0. The third-order valence-corrected chi connectivity index (χ3v) is 6.62. The zero-order valence-electron chi connectivity index (χ0n) is 16.1. The molecule has 7 nitrogen and oxygen atoms in total. The van der Waals surface area contributed by atoms with Crippen molar-refractivity contribution in [2.24, 2.45) is 7.05 Å². The zero-order chi connectivity index (χ0) is 20.5. The fourth-order valence-electron chi connectivity index (χ4n) is 3.02. The van der Waals surface area contributed by atoms with Gasteiger partial charge in [-0.25, -0.2) is 14.6 Å². The van der Waals surface area contributed by atoms with Crippen molar-refractivity contribution in [2.45, 2.75) is 24.1 Å². The summed E-state index contributed by atoms with van der Waals surface area (Å²) in [7, 11) is 1.80. The molecule has 0 spiro atoms. The van der Waals surface area contributed by atoms with Crippen LogP contribution in [0.15, 0.2) is 57.9 Å². The Kier molecular flexibility index (Phi) is 5.25. The Balaban J connectivity index is 1.58. The second-order valence-electron chi connectivity index (χ2n) is 6.50. The van der Waals surface area contributed by atoms with Gasteiger partial charge in [0.15, 0.2) is 0 Å². The number of thioether (sulfide) groups is 1. The number of carbonyl (C=O) groups is 1. The minimum Gasteiger partial charge on any atom is -0.319 e. The van der Waals surface area contributed by atoms with Gasteiger partial charge >= 0.3 is 0 Å². The van der Waals surface area contributed by atoms with Gasteiger partial charge < -0.3 is 5.32 Å². The lowest BCUT2D eigenvalue weighted by Crippen LogP contribution is -2.27. The molecule has 4 aromatic rings. The van der Waals surface area contributed by atoms with E-state index in [4.69, 9.17) is 0 Å². The number of thiophene rings is 1. The van der Waals surface area contributed by atoms with E-state index in [-0.39, 0.29) is 17.2 Å². The predicted octanol–water partition coefficient (Wildman–Crippen LogP) is 3.61. The quantitative estimate of drug-likeness (QED) is 0.390. The number of anilines is 1. The first kappa shape index (κ1) is 19.4. The maximum atomic E-state index is 13.0. The molecule has 0 saturated carbocycles. The molecule has 0 aliphatic carbocycles. The number of hydrogen-bond donors (Lipinski definition) is 1. The number of para-hydroxylation sites is 1. The molecule has 148 valence electrons. The highest BCUT2D eigenvalue weighted by molar-refractivity contribution is 8.00. The molecular weight excluding hydrogens is 406 g/mol. The second kappa shape index (κ2) is 7.84. The van der Waals surface area contributed by atoms with Gasteiger partial charge in [0.1, 0.15) is 21.9 Å². The molecule has 3 aromatic heterocycles. The Morgan fingerprint density at radius 3 is 2.72 bits per heavy atom. The second-order valence-corrected chi connectivity index (χ2v) is 8.73. The lowest BCUT2D eigenvalue weighted by atomic mass is 10.3. The maximum absolute atomic E-state index is 13.0.